The van der Waals surface area contributed by atoms with E-state index >= 15 is 0 Å². The number of anilines is 1. The standard InChI is InChI=1S/C15H17ClN2O4S/c16-12-3-1-2-4-13(12)18-15(20)11-7-10(11)14(19)17-9-5-6-23(21,22)8-9/h1-4,9-11H,5-8H2,(H,17,19)(H,18,20). The smallest absolute Gasteiger partial charge is 0.228 e. The summed E-state index contributed by atoms with van der Waals surface area (Å²) in [6.07, 6.45) is 0.916. The first-order valence-corrected chi connectivity index (χ1v) is 9.62. The fraction of sp³-hybridized carbons (Fsp3) is 0.467. The highest BCUT2D eigenvalue weighted by atomic mass is 35.5. The van der Waals surface area contributed by atoms with Gasteiger partial charge in [-0.3, -0.25) is 9.59 Å². The summed E-state index contributed by atoms with van der Waals surface area (Å²) in [5, 5.41) is 5.89. The normalized spacial score (nSPS) is 28.1. The molecule has 1 aromatic carbocycles. The van der Waals surface area contributed by atoms with Crippen LogP contribution in [0.3, 0.4) is 0 Å². The molecule has 0 aromatic heterocycles. The van der Waals surface area contributed by atoms with E-state index in [4.69, 9.17) is 11.6 Å². The van der Waals surface area contributed by atoms with Gasteiger partial charge in [-0.1, -0.05) is 23.7 Å². The summed E-state index contributed by atoms with van der Waals surface area (Å²) in [5.74, 6) is -1.16. The molecule has 2 amide bonds. The van der Waals surface area contributed by atoms with Gasteiger partial charge in [0.05, 0.1) is 34.1 Å². The van der Waals surface area contributed by atoms with Crippen molar-refractivity contribution in [2.45, 2.75) is 18.9 Å². The molecule has 1 aromatic rings. The van der Waals surface area contributed by atoms with Gasteiger partial charge in [0.2, 0.25) is 11.8 Å². The molecule has 3 atom stereocenters. The maximum absolute atomic E-state index is 12.1. The first-order chi connectivity index (χ1) is 10.9. The SMILES string of the molecule is O=C(Nc1ccccc1Cl)C1CC1C(=O)NC1CCS(=O)(=O)C1. The van der Waals surface area contributed by atoms with Crippen LogP contribution in [0.5, 0.6) is 0 Å². The van der Waals surface area contributed by atoms with Crippen LogP contribution in [0.25, 0.3) is 0 Å². The van der Waals surface area contributed by atoms with Gasteiger partial charge in [0, 0.05) is 6.04 Å². The number of hydrogen-bond donors (Lipinski definition) is 2. The molecule has 6 nitrogen and oxygen atoms in total. The number of nitrogens with one attached hydrogen (secondary N) is 2. The Morgan fingerprint density at radius 3 is 2.48 bits per heavy atom. The highest BCUT2D eigenvalue weighted by Crippen LogP contribution is 2.40. The monoisotopic (exact) mass is 356 g/mol. The fourth-order valence-electron chi connectivity index (χ4n) is 2.78. The van der Waals surface area contributed by atoms with Gasteiger partial charge in [0.25, 0.3) is 0 Å². The van der Waals surface area contributed by atoms with Crippen molar-refractivity contribution < 1.29 is 18.0 Å². The van der Waals surface area contributed by atoms with Crippen LogP contribution in [-0.4, -0.2) is 37.8 Å². The lowest BCUT2D eigenvalue weighted by Crippen LogP contribution is -2.37. The Bertz CT molecular complexity index is 750. The van der Waals surface area contributed by atoms with Gasteiger partial charge in [-0.05, 0) is 25.0 Å². The highest BCUT2D eigenvalue weighted by molar-refractivity contribution is 7.91. The molecule has 2 N–H and O–H groups in total. The zero-order chi connectivity index (χ0) is 16.6. The van der Waals surface area contributed by atoms with Crippen LogP contribution >= 0.6 is 11.6 Å². The third-order valence-electron chi connectivity index (χ3n) is 4.17. The molecular formula is C15H17ClN2O4S. The van der Waals surface area contributed by atoms with E-state index in [-0.39, 0.29) is 41.2 Å². The van der Waals surface area contributed by atoms with E-state index in [2.05, 4.69) is 10.6 Å². The average molecular weight is 357 g/mol. The molecular weight excluding hydrogens is 340 g/mol. The molecule has 1 heterocycles. The molecule has 8 heteroatoms. The van der Waals surface area contributed by atoms with Gasteiger partial charge in [0.15, 0.2) is 9.84 Å². The van der Waals surface area contributed by atoms with Crippen LogP contribution in [0.15, 0.2) is 24.3 Å². The van der Waals surface area contributed by atoms with Crippen LogP contribution in [0, 0.1) is 11.8 Å². The first-order valence-electron chi connectivity index (χ1n) is 7.42. The number of halogens is 1. The number of hydrogen-bond acceptors (Lipinski definition) is 4. The number of carbonyl (C=O) groups excluding carboxylic acids is 2. The third-order valence-corrected chi connectivity index (χ3v) is 6.27. The van der Waals surface area contributed by atoms with E-state index < -0.39 is 9.84 Å². The molecule has 1 aliphatic heterocycles. The summed E-state index contributed by atoms with van der Waals surface area (Å²) in [4.78, 5) is 24.2. The second-order valence-electron chi connectivity index (χ2n) is 6.03. The number of benzene rings is 1. The Morgan fingerprint density at radius 2 is 1.83 bits per heavy atom. The number of para-hydroxylation sites is 1. The lowest BCUT2D eigenvalue weighted by Gasteiger charge is -2.11. The topological polar surface area (TPSA) is 92.3 Å². The zero-order valence-electron chi connectivity index (χ0n) is 12.3. The van der Waals surface area contributed by atoms with Gasteiger partial charge in [-0.2, -0.15) is 0 Å². The van der Waals surface area contributed by atoms with E-state index in [1.165, 1.54) is 0 Å². The van der Waals surface area contributed by atoms with E-state index in [1.54, 1.807) is 24.3 Å². The van der Waals surface area contributed by atoms with Gasteiger partial charge >= 0.3 is 0 Å². The van der Waals surface area contributed by atoms with Crippen molar-refractivity contribution in [1.82, 2.24) is 5.32 Å². The second kappa shape index (κ2) is 6.13. The minimum Gasteiger partial charge on any atom is -0.352 e. The van der Waals surface area contributed by atoms with Crippen LogP contribution in [0.2, 0.25) is 5.02 Å². The predicted octanol–water partition coefficient (Wildman–Crippen LogP) is 1.22. The molecule has 1 saturated heterocycles. The molecule has 0 radical (unpaired) electrons. The predicted molar refractivity (Wildman–Crippen MR) is 86.9 cm³/mol. The van der Waals surface area contributed by atoms with E-state index in [9.17, 15) is 18.0 Å². The van der Waals surface area contributed by atoms with Gasteiger partial charge in [-0.25, -0.2) is 8.42 Å². The van der Waals surface area contributed by atoms with Crippen molar-refractivity contribution in [3.63, 3.8) is 0 Å². The van der Waals surface area contributed by atoms with Gasteiger partial charge < -0.3 is 10.6 Å². The maximum Gasteiger partial charge on any atom is 0.228 e. The maximum atomic E-state index is 12.1. The molecule has 3 unspecified atom stereocenters. The Balaban J connectivity index is 1.52. The first kappa shape index (κ1) is 16.3. The largest absolute Gasteiger partial charge is 0.352 e. The number of sulfone groups is 1. The molecule has 3 rings (SSSR count). The summed E-state index contributed by atoms with van der Waals surface area (Å²) in [7, 11) is -3.03. The summed E-state index contributed by atoms with van der Waals surface area (Å²) in [6.45, 7) is 0. The van der Waals surface area contributed by atoms with Crippen LogP contribution < -0.4 is 10.6 Å². The van der Waals surface area contributed by atoms with E-state index in [1.807, 2.05) is 0 Å². The molecule has 0 spiro atoms. The highest BCUT2D eigenvalue weighted by Gasteiger charge is 2.48. The summed E-state index contributed by atoms with van der Waals surface area (Å²) in [5.41, 5.74) is 0.520. The Labute approximate surface area is 139 Å². The Kier molecular flexibility index (Phi) is 4.33. The molecule has 0 bridgehead atoms. The van der Waals surface area contributed by atoms with E-state index in [0.717, 1.165) is 0 Å². The quantitative estimate of drug-likeness (QED) is 0.848. The van der Waals surface area contributed by atoms with Crippen molar-refractivity contribution in [2.75, 3.05) is 16.8 Å². The molecule has 1 aliphatic carbocycles. The van der Waals surface area contributed by atoms with Crippen molar-refractivity contribution in [2.24, 2.45) is 11.8 Å². The average Bonchev–Trinajstić information content (AvgIpc) is 3.21. The zero-order valence-corrected chi connectivity index (χ0v) is 13.9. The molecule has 2 fully saturated rings. The molecule has 23 heavy (non-hydrogen) atoms. The van der Waals surface area contributed by atoms with Gasteiger partial charge in [-0.15, -0.1) is 0 Å². The van der Waals surface area contributed by atoms with Crippen LogP contribution in [0.1, 0.15) is 12.8 Å². The van der Waals surface area contributed by atoms with Crippen molar-refractivity contribution >= 4 is 38.9 Å². The summed E-state index contributed by atoms with van der Waals surface area (Å²) < 4.78 is 22.8. The number of carbonyl (C=O) groups is 2. The molecule has 2 aliphatic rings. The molecule has 124 valence electrons. The van der Waals surface area contributed by atoms with Crippen molar-refractivity contribution in [3.8, 4) is 0 Å². The minimum absolute atomic E-state index is 0.0120. The fourth-order valence-corrected chi connectivity index (χ4v) is 4.64. The number of amides is 2. The lowest BCUT2D eigenvalue weighted by atomic mass is 10.2. The van der Waals surface area contributed by atoms with Crippen LogP contribution in [0.4, 0.5) is 5.69 Å². The Hall–Kier alpha value is -1.60. The summed E-state index contributed by atoms with van der Waals surface area (Å²) >= 11 is 5.98. The lowest BCUT2D eigenvalue weighted by molar-refractivity contribution is -0.125. The second-order valence-corrected chi connectivity index (χ2v) is 8.66. The van der Waals surface area contributed by atoms with E-state index in [0.29, 0.717) is 23.6 Å². The van der Waals surface area contributed by atoms with Crippen LogP contribution in [-0.2, 0) is 19.4 Å². The molecule has 1 saturated carbocycles. The van der Waals surface area contributed by atoms with Gasteiger partial charge in [0.1, 0.15) is 0 Å². The summed E-state index contributed by atoms with van der Waals surface area (Å²) in [6, 6.07) is 6.57. The third kappa shape index (κ3) is 3.84. The minimum atomic E-state index is -3.03. The van der Waals surface area contributed by atoms with Crippen molar-refractivity contribution in [3.05, 3.63) is 29.3 Å². The number of rotatable bonds is 4. The van der Waals surface area contributed by atoms with Crippen molar-refractivity contribution in [1.29, 1.82) is 0 Å². The Morgan fingerprint density at radius 1 is 1.13 bits per heavy atom.